The van der Waals surface area contributed by atoms with Crippen molar-refractivity contribution in [1.29, 1.82) is 0 Å². The Morgan fingerprint density at radius 3 is 2.75 bits per heavy atom. The minimum Gasteiger partial charge on any atom is -0.317 e. The number of anilines is 1. The highest BCUT2D eigenvalue weighted by molar-refractivity contribution is 7.15. The molecule has 0 spiro atoms. The van der Waals surface area contributed by atoms with Gasteiger partial charge in [-0.05, 0) is 38.8 Å². The van der Waals surface area contributed by atoms with E-state index in [1.165, 1.54) is 11.3 Å². The van der Waals surface area contributed by atoms with E-state index < -0.39 is 18.0 Å². The van der Waals surface area contributed by atoms with Crippen molar-refractivity contribution in [2.75, 3.05) is 18.4 Å². The summed E-state index contributed by atoms with van der Waals surface area (Å²) in [6, 6.07) is 0. The Balaban J connectivity index is 1.97. The molecule has 1 atom stereocenters. The minimum absolute atomic E-state index is 0.236. The van der Waals surface area contributed by atoms with Crippen molar-refractivity contribution < 1.29 is 18.0 Å². The Morgan fingerprint density at radius 1 is 1.50 bits per heavy atom. The summed E-state index contributed by atoms with van der Waals surface area (Å²) in [5.41, 5.74) is 0. The van der Waals surface area contributed by atoms with Gasteiger partial charge in [0.25, 0.3) is 0 Å². The van der Waals surface area contributed by atoms with Gasteiger partial charge in [-0.3, -0.25) is 4.79 Å². The molecule has 1 saturated heterocycles. The third kappa shape index (κ3) is 3.69. The van der Waals surface area contributed by atoms with Crippen LogP contribution in [0.5, 0.6) is 0 Å². The first-order valence-corrected chi connectivity index (χ1v) is 7.23. The predicted octanol–water partition coefficient (Wildman–Crippen LogP) is 2.75. The molecule has 0 aliphatic carbocycles. The first kappa shape index (κ1) is 15.2. The summed E-state index contributed by atoms with van der Waals surface area (Å²) in [6.45, 7) is 2.70. The van der Waals surface area contributed by atoms with Gasteiger partial charge in [0.05, 0.1) is 0 Å². The zero-order valence-electron chi connectivity index (χ0n) is 11.0. The van der Waals surface area contributed by atoms with Crippen LogP contribution in [0.3, 0.4) is 0 Å². The summed E-state index contributed by atoms with van der Waals surface area (Å²) < 4.78 is 37.2. The van der Waals surface area contributed by atoms with Gasteiger partial charge in [-0.25, -0.2) is 4.98 Å². The van der Waals surface area contributed by atoms with E-state index in [2.05, 4.69) is 15.6 Å². The summed E-state index contributed by atoms with van der Waals surface area (Å²) in [5.74, 6) is -2.73. The molecule has 112 valence electrons. The Hall–Kier alpha value is -1.15. The van der Waals surface area contributed by atoms with Gasteiger partial charge in [0.15, 0.2) is 5.13 Å². The normalized spacial score (nSPS) is 18.8. The number of amides is 1. The zero-order chi connectivity index (χ0) is 14.8. The third-order valence-electron chi connectivity index (χ3n) is 3.38. The zero-order valence-corrected chi connectivity index (χ0v) is 11.8. The van der Waals surface area contributed by atoms with Crippen molar-refractivity contribution in [1.82, 2.24) is 10.3 Å². The van der Waals surface area contributed by atoms with Crippen molar-refractivity contribution in [2.24, 2.45) is 5.92 Å². The highest BCUT2D eigenvalue weighted by Crippen LogP contribution is 2.32. The molecule has 1 aliphatic heterocycles. The molecule has 1 aromatic heterocycles. The second-order valence-electron chi connectivity index (χ2n) is 4.84. The van der Waals surface area contributed by atoms with E-state index in [1.807, 2.05) is 0 Å². The molecule has 1 aromatic rings. The molecule has 1 unspecified atom stereocenters. The van der Waals surface area contributed by atoms with Crippen LogP contribution in [0.15, 0.2) is 6.20 Å². The van der Waals surface area contributed by atoms with Crippen LogP contribution in [0.2, 0.25) is 0 Å². The molecule has 0 aromatic carbocycles. The van der Waals surface area contributed by atoms with Crippen LogP contribution < -0.4 is 10.6 Å². The van der Waals surface area contributed by atoms with Crippen molar-refractivity contribution in [2.45, 2.75) is 31.9 Å². The molecule has 20 heavy (non-hydrogen) atoms. The van der Waals surface area contributed by atoms with Gasteiger partial charge in [-0.15, -0.1) is 11.3 Å². The minimum atomic E-state index is -4.53. The number of nitrogens with one attached hydrogen (secondary N) is 2. The monoisotopic (exact) mass is 307 g/mol. The summed E-state index contributed by atoms with van der Waals surface area (Å²) in [5, 5.41) is 5.72. The Bertz CT molecular complexity index is 469. The summed E-state index contributed by atoms with van der Waals surface area (Å²) in [4.78, 5) is 16.5. The lowest BCUT2D eigenvalue weighted by molar-refractivity contribution is -0.175. The molecule has 2 heterocycles. The Morgan fingerprint density at radius 2 is 2.15 bits per heavy atom. The molecule has 0 bridgehead atoms. The summed E-state index contributed by atoms with van der Waals surface area (Å²) in [6.07, 6.45) is -0.920. The van der Waals surface area contributed by atoms with Crippen molar-refractivity contribution in [3.63, 3.8) is 0 Å². The van der Waals surface area contributed by atoms with E-state index >= 15 is 0 Å². The first-order valence-electron chi connectivity index (χ1n) is 6.42. The fraction of sp³-hybridized carbons (Fsp3) is 0.667. The third-order valence-corrected chi connectivity index (χ3v) is 4.45. The molecule has 1 amide bonds. The SMILES string of the molecule is CC(C(=O)Nc1ncc(C2CCNCC2)s1)C(F)(F)F. The van der Waals surface area contributed by atoms with Gasteiger partial charge in [0, 0.05) is 11.1 Å². The standard InChI is InChI=1S/C12H16F3N3OS/c1-7(12(13,14)15)10(19)18-11-17-6-9(20-11)8-2-4-16-5-3-8/h6-8,16H,2-5H2,1H3,(H,17,18,19). The van der Waals surface area contributed by atoms with E-state index in [0.717, 1.165) is 37.7 Å². The van der Waals surface area contributed by atoms with E-state index in [0.29, 0.717) is 5.92 Å². The fourth-order valence-corrected chi connectivity index (χ4v) is 2.99. The number of alkyl halides is 3. The molecule has 1 fully saturated rings. The number of aromatic nitrogens is 1. The molecular formula is C12H16F3N3OS. The van der Waals surface area contributed by atoms with Gasteiger partial charge in [0.2, 0.25) is 5.91 Å². The topological polar surface area (TPSA) is 54.0 Å². The number of carbonyl (C=O) groups is 1. The van der Waals surface area contributed by atoms with E-state index in [1.54, 1.807) is 6.20 Å². The maximum atomic E-state index is 12.4. The van der Waals surface area contributed by atoms with E-state index in [9.17, 15) is 18.0 Å². The van der Waals surface area contributed by atoms with Crippen LogP contribution in [0.25, 0.3) is 0 Å². The highest BCUT2D eigenvalue weighted by Gasteiger charge is 2.41. The predicted molar refractivity (Wildman–Crippen MR) is 70.8 cm³/mol. The fourth-order valence-electron chi connectivity index (χ4n) is 2.00. The average Bonchev–Trinajstić information content (AvgIpc) is 2.86. The number of rotatable bonds is 3. The molecule has 4 nitrogen and oxygen atoms in total. The Labute approximate surface area is 118 Å². The number of carbonyl (C=O) groups excluding carboxylic acids is 1. The van der Waals surface area contributed by atoms with Gasteiger partial charge in [-0.2, -0.15) is 13.2 Å². The van der Waals surface area contributed by atoms with Crippen LogP contribution in [0.1, 0.15) is 30.6 Å². The summed E-state index contributed by atoms with van der Waals surface area (Å²) in [7, 11) is 0. The molecule has 8 heteroatoms. The largest absolute Gasteiger partial charge is 0.400 e. The molecule has 0 saturated carbocycles. The Kier molecular flexibility index (Phi) is 4.64. The van der Waals surface area contributed by atoms with Crippen molar-refractivity contribution >= 4 is 22.4 Å². The maximum Gasteiger partial charge on any atom is 0.400 e. The van der Waals surface area contributed by atoms with Crippen molar-refractivity contribution in [3.8, 4) is 0 Å². The first-order chi connectivity index (χ1) is 9.38. The average molecular weight is 307 g/mol. The van der Waals surface area contributed by atoms with E-state index in [4.69, 9.17) is 0 Å². The van der Waals surface area contributed by atoms with Crippen LogP contribution in [-0.4, -0.2) is 30.2 Å². The van der Waals surface area contributed by atoms with Gasteiger partial charge in [0.1, 0.15) is 5.92 Å². The molecule has 2 N–H and O–H groups in total. The number of piperidine rings is 1. The number of hydrogen-bond acceptors (Lipinski definition) is 4. The number of nitrogens with zero attached hydrogens (tertiary/aromatic N) is 1. The highest BCUT2D eigenvalue weighted by atomic mass is 32.1. The van der Waals surface area contributed by atoms with Crippen LogP contribution in [-0.2, 0) is 4.79 Å². The van der Waals surface area contributed by atoms with Crippen LogP contribution in [0, 0.1) is 5.92 Å². The second kappa shape index (κ2) is 6.09. The molecule has 2 rings (SSSR count). The quantitative estimate of drug-likeness (QED) is 0.903. The molecule has 0 radical (unpaired) electrons. The van der Waals surface area contributed by atoms with Crippen LogP contribution in [0.4, 0.5) is 18.3 Å². The lowest BCUT2D eigenvalue weighted by atomic mass is 9.97. The number of halogens is 3. The number of hydrogen-bond donors (Lipinski definition) is 2. The smallest absolute Gasteiger partial charge is 0.317 e. The van der Waals surface area contributed by atoms with Gasteiger partial charge in [-0.1, -0.05) is 0 Å². The maximum absolute atomic E-state index is 12.4. The van der Waals surface area contributed by atoms with Crippen LogP contribution >= 0.6 is 11.3 Å². The van der Waals surface area contributed by atoms with Gasteiger partial charge < -0.3 is 10.6 Å². The molecule has 1 aliphatic rings. The second-order valence-corrected chi connectivity index (χ2v) is 5.91. The van der Waals surface area contributed by atoms with Crippen molar-refractivity contribution in [3.05, 3.63) is 11.1 Å². The number of thiazole rings is 1. The lowest BCUT2D eigenvalue weighted by Gasteiger charge is -2.20. The van der Waals surface area contributed by atoms with Gasteiger partial charge >= 0.3 is 6.18 Å². The molecular weight excluding hydrogens is 291 g/mol. The summed E-state index contributed by atoms with van der Waals surface area (Å²) >= 11 is 1.26. The lowest BCUT2D eigenvalue weighted by Crippen LogP contribution is -2.32. The van der Waals surface area contributed by atoms with E-state index in [-0.39, 0.29) is 5.13 Å².